The van der Waals surface area contributed by atoms with Gasteiger partial charge < -0.3 is 9.64 Å². The molecule has 1 atom stereocenters. The summed E-state index contributed by atoms with van der Waals surface area (Å²) >= 11 is 0. The zero-order valence-electron chi connectivity index (χ0n) is 16.2. The van der Waals surface area contributed by atoms with Gasteiger partial charge in [0.2, 0.25) is 11.8 Å². The maximum Gasteiger partial charge on any atom is 0.229 e. The third-order valence-corrected chi connectivity index (χ3v) is 5.01. The molecule has 0 N–H and O–H groups in total. The number of piperazine rings is 1. The molecule has 0 saturated carbocycles. The summed E-state index contributed by atoms with van der Waals surface area (Å²) in [7, 11) is 0. The molecular weight excluding hydrogens is 324 g/mol. The highest BCUT2D eigenvalue weighted by molar-refractivity contribution is 5.84. The van der Waals surface area contributed by atoms with Gasteiger partial charge in [-0.25, -0.2) is 4.98 Å². The first-order valence-electron chi connectivity index (χ1n) is 9.64. The number of rotatable bonds is 7. The molecule has 5 nitrogen and oxygen atoms in total. The van der Waals surface area contributed by atoms with Crippen molar-refractivity contribution in [1.29, 1.82) is 0 Å². The van der Waals surface area contributed by atoms with Crippen molar-refractivity contribution in [3.05, 3.63) is 36.9 Å². The molecule has 26 heavy (non-hydrogen) atoms. The molecule has 1 aliphatic heterocycles. The van der Waals surface area contributed by atoms with Crippen molar-refractivity contribution in [2.75, 3.05) is 37.6 Å². The normalized spacial score (nSPS) is 16.8. The van der Waals surface area contributed by atoms with Crippen molar-refractivity contribution in [3.8, 4) is 5.88 Å². The highest BCUT2D eigenvalue weighted by Gasteiger charge is 2.21. The first-order chi connectivity index (χ1) is 12.6. The monoisotopic (exact) mass is 354 g/mol. The molecule has 5 heteroatoms. The zero-order valence-corrected chi connectivity index (χ0v) is 16.2. The third kappa shape index (κ3) is 4.15. The van der Waals surface area contributed by atoms with Crippen LogP contribution in [-0.4, -0.2) is 53.7 Å². The minimum Gasteiger partial charge on any atom is -0.474 e. The average molecular weight is 354 g/mol. The number of anilines is 1. The summed E-state index contributed by atoms with van der Waals surface area (Å²) in [4.78, 5) is 14.3. The SMILES string of the molecule is C=CCN1CCN(c2nc(OC(CC)C(C)C)c3ccccc3n2)CC1. The van der Waals surface area contributed by atoms with Gasteiger partial charge in [-0.1, -0.05) is 39.0 Å². The number of para-hydroxylation sites is 1. The standard InChI is InChI=1S/C21H30N4O/c1-5-11-24-12-14-25(15-13-24)21-22-18-10-8-7-9-17(18)20(23-21)26-19(6-2)16(3)4/h5,7-10,16,19H,1,6,11-15H2,2-4H3. The molecule has 2 aromatic rings. The Balaban J connectivity index is 1.88. The van der Waals surface area contributed by atoms with Crippen LogP contribution < -0.4 is 9.64 Å². The van der Waals surface area contributed by atoms with Crippen LogP contribution in [0.3, 0.4) is 0 Å². The molecule has 1 aromatic heterocycles. The van der Waals surface area contributed by atoms with Gasteiger partial charge in [-0.15, -0.1) is 6.58 Å². The van der Waals surface area contributed by atoms with Gasteiger partial charge in [-0.3, -0.25) is 4.90 Å². The van der Waals surface area contributed by atoms with Crippen LogP contribution in [-0.2, 0) is 0 Å². The van der Waals surface area contributed by atoms with E-state index in [9.17, 15) is 0 Å². The first kappa shape index (κ1) is 18.6. The average Bonchev–Trinajstić information content (AvgIpc) is 2.66. The van der Waals surface area contributed by atoms with Gasteiger partial charge in [0.1, 0.15) is 6.10 Å². The smallest absolute Gasteiger partial charge is 0.229 e. The first-order valence-corrected chi connectivity index (χ1v) is 9.64. The summed E-state index contributed by atoms with van der Waals surface area (Å²) in [6, 6.07) is 8.12. The predicted molar refractivity (Wildman–Crippen MR) is 108 cm³/mol. The molecular formula is C21H30N4O. The maximum absolute atomic E-state index is 6.33. The van der Waals surface area contributed by atoms with Crippen molar-refractivity contribution in [3.63, 3.8) is 0 Å². The summed E-state index contributed by atoms with van der Waals surface area (Å²) in [5, 5.41) is 0.987. The second-order valence-electron chi connectivity index (χ2n) is 7.23. The van der Waals surface area contributed by atoms with E-state index in [1.807, 2.05) is 30.3 Å². The van der Waals surface area contributed by atoms with Crippen molar-refractivity contribution < 1.29 is 4.74 Å². The Morgan fingerprint density at radius 2 is 1.88 bits per heavy atom. The zero-order chi connectivity index (χ0) is 18.5. The van der Waals surface area contributed by atoms with Gasteiger partial charge in [-0.2, -0.15) is 4.98 Å². The number of ether oxygens (including phenoxy) is 1. The molecule has 1 aliphatic rings. The van der Waals surface area contributed by atoms with Gasteiger partial charge in [0, 0.05) is 32.7 Å². The van der Waals surface area contributed by atoms with E-state index in [0.717, 1.165) is 56.0 Å². The van der Waals surface area contributed by atoms with Crippen molar-refractivity contribution in [2.45, 2.75) is 33.3 Å². The van der Waals surface area contributed by atoms with E-state index in [-0.39, 0.29) is 6.10 Å². The second-order valence-corrected chi connectivity index (χ2v) is 7.23. The molecule has 1 fully saturated rings. The number of hydrogen-bond donors (Lipinski definition) is 0. The summed E-state index contributed by atoms with van der Waals surface area (Å²) in [6.07, 6.45) is 3.09. The van der Waals surface area contributed by atoms with Crippen LogP contribution in [0, 0.1) is 5.92 Å². The van der Waals surface area contributed by atoms with Crippen LogP contribution in [0.4, 0.5) is 5.95 Å². The number of aromatic nitrogens is 2. The Morgan fingerprint density at radius 3 is 2.54 bits per heavy atom. The fourth-order valence-corrected chi connectivity index (χ4v) is 3.41. The molecule has 1 aromatic carbocycles. The molecule has 0 amide bonds. The lowest BCUT2D eigenvalue weighted by Gasteiger charge is -2.34. The van der Waals surface area contributed by atoms with Crippen molar-refractivity contribution >= 4 is 16.9 Å². The maximum atomic E-state index is 6.33. The number of benzene rings is 1. The van der Waals surface area contributed by atoms with Crippen LogP contribution >= 0.6 is 0 Å². The largest absolute Gasteiger partial charge is 0.474 e. The topological polar surface area (TPSA) is 41.5 Å². The third-order valence-electron chi connectivity index (χ3n) is 5.01. The Labute approximate surface area is 156 Å². The van der Waals surface area contributed by atoms with Gasteiger partial charge in [0.15, 0.2) is 0 Å². The summed E-state index contributed by atoms with van der Waals surface area (Å²) in [5.41, 5.74) is 0.944. The van der Waals surface area contributed by atoms with Crippen LogP contribution in [0.1, 0.15) is 27.2 Å². The van der Waals surface area contributed by atoms with Gasteiger partial charge >= 0.3 is 0 Å². The van der Waals surface area contributed by atoms with Gasteiger partial charge in [0.05, 0.1) is 10.9 Å². The van der Waals surface area contributed by atoms with Gasteiger partial charge in [0.25, 0.3) is 0 Å². The minimum absolute atomic E-state index is 0.158. The lowest BCUT2D eigenvalue weighted by atomic mass is 10.1. The van der Waals surface area contributed by atoms with Crippen molar-refractivity contribution in [2.24, 2.45) is 5.92 Å². The molecule has 0 spiro atoms. The highest BCUT2D eigenvalue weighted by Crippen LogP contribution is 2.28. The number of hydrogen-bond acceptors (Lipinski definition) is 5. The molecule has 140 valence electrons. The Kier molecular flexibility index (Phi) is 6.09. The Bertz CT molecular complexity index is 738. The quantitative estimate of drug-likeness (QED) is 0.708. The fraction of sp³-hybridized carbons (Fsp3) is 0.524. The molecule has 2 heterocycles. The van der Waals surface area contributed by atoms with E-state index in [4.69, 9.17) is 14.7 Å². The lowest BCUT2D eigenvalue weighted by molar-refractivity contribution is 0.143. The van der Waals surface area contributed by atoms with Crippen LogP contribution in [0.15, 0.2) is 36.9 Å². The van der Waals surface area contributed by atoms with Gasteiger partial charge in [-0.05, 0) is 24.5 Å². The Morgan fingerprint density at radius 1 is 1.15 bits per heavy atom. The van der Waals surface area contributed by atoms with Crippen molar-refractivity contribution in [1.82, 2.24) is 14.9 Å². The van der Waals surface area contributed by atoms with Crippen LogP contribution in [0.5, 0.6) is 5.88 Å². The predicted octanol–water partition coefficient (Wildman–Crippen LogP) is 3.75. The fourth-order valence-electron chi connectivity index (χ4n) is 3.41. The molecule has 0 radical (unpaired) electrons. The van der Waals surface area contributed by atoms with Crippen LogP contribution in [0.25, 0.3) is 10.9 Å². The number of fused-ring (bicyclic) bond motifs is 1. The van der Waals surface area contributed by atoms with Crippen LogP contribution in [0.2, 0.25) is 0 Å². The van der Waals surface area contributed by atoms with E-state index < -0.39 is 0 Å². The molecule has 1 saturated heterocycles. The summed E-state index contributed by atoms with van der Waals surface area (Å²) in [5.74, 6) is 1.93. The van der Waals surface area contributed by atoms with E-state index in [2.05, 4.69) is 37.1 Å². The molecule has 1 unspecified atom stereocenters. The number of nitrogens with zero attached hydrogens (tertiary/aromatic N) is 4. The second kappa shape index (κ2) is 8.49. The van der Waals surface area contributed by atoms with E-state index in [1.54, 1.807) is 0 Å². The molecule has 3 rings (SSSR count). The molecule has 0 bridgehead atoms. The minimum atomic E-state index is 0.158. The summed E-state index contributed by atoms with van der Waals surface area (Å²) < 4.78 is 6.33. The van der Waals surface area contributed by atoms with E-state index >= 15 is 0 Å². The molecule has 0 aliphatic carbocycles. The summed E-state index contributed by atoms with van der Waals surface area (Å²) in [6.45, 7) is 15.2. The lowest BCUT2D eigenvalue weighted by Crippen LogP contribution is -2.47. The highest BCUT2D eigenvalue weighted by atomic mass is 16.5. The Hall–Kier alpha value is -2.14. The van der Waals surface area contributed by atoms with E-state index in [1.165, 1.54) is 0 Å². The van der Waals surface area contributed by atoms with E-state index in [0.29, 0.717) is 11.8 Å².